The van der Waals surface area contributed by atoms with Gasteiger partial charge in [-0.3, -0.25) is 4.79 Å². The fraction of sp³-hybridized carbons (Fsp3) is 0.909. The van der Waals surface area contributed by atoms with Gasteiger partial charge in [0.25, 0.3) is 0 Å². The standard InChI is InChI=1S/C11H22N2O4/c1-8-5-13(6-9(7-14)17-8)11(15)10(12)3-4-16-2/h8-10,14H,3-7,12H2,1-2H3. The van der Waals surface area contributed by atoms with Crippen LogP contribution in [-0.2, 0) is 14.3 Å². The van der Waals surface area contributed by atoms with E-state index in [1.807, 2.05) is 6.92 Å². The summed E-state index contributed by atoms with van der Waals surface area (Å²) in [6, 6.07) is -0.542. The van der Waals surface area contributed by atoms with Crippen LogP contribution in [0.15, 0.2) is 0 Å². The predicted octanol–water partition coefficient (Wildman–Crippen LogP) is -1.04. The summed E-state index contributed by atoms with van der Waals surface area (Å²) in [5, 5.41) is 9.07. The monoisotopic (exact) mass is 246 g/mol. The van der Waals surface area contributed by atoms with E-state index in [4.69, 9.17) is 20.3 Å². The van der Waals surface area contributed by atoms with E-state index in [0.29, 0.717) is 26.1 Å². The number of ether oxygens (including phenoxy) is 2. The van der Waals surface area contributed by atoms with Gasteiger partial charge in [-0.1, -0.05) is 0 Å². The zero-order valence-electron chi connectivity index (χ0n) is 10.5. The first-order valence-corrected chi connectivity index (χ1v) is 5.88. The zero-order chi connectivity index (χ0) is 12.8. The van der Waals surface area contributed by atoms with Crippen molar-refractivity contribution in [1.29, 1.82) is 0 Å². The number of nitrogens with zero attached hydrogens (tertiary/aromatic N) is 1. The maximum atomic E-state index is 12.0. The molecular weight excluding hydrogens is 224 g/mol. The SMILES string of the molecule is COCCC(N)C(=O)N1CC(C)OC(CO)C1. The highest BCUT2D eigenvalue weighted by molar-refractivity contribution is 5.81. The van der Waals surface area contributed by atoms with Crippen LogP contribution in [-0.4, -0.2) is 67.6 Å². The van der Waals surface area contributed by atoms with Crippen molar-refractivity contribution in [2.24, 2.45) is 5.73 Å². The van der Waals surface area contributed by atoms with E-state index in [2.05, 4.69) is 0 Å². The van der Waals surface area contributed by atoms with Crippen molar-refractivity contribution in [3.8, 4) is 0 Å². The maximum absolute atomic E-state index is 12.0. The minimum Gasteiger partial charge on any atom is -0.394 e. The third kappa shape index (κ3) is 4.23. The molecule has 3 atom stereocenters. The van der Waals surface area contributed by atoms with Crippen LogP contribution in [0.1, 0.15) is 13.3 Å². The van der Waals surface area contributed by atoms with Gasteiger partial charge in [-0.15, -0.1) is 0 Å². The summed E-state index contributed by atoms with van der Waals surface area (Å²) in [5.41, 5.74) is 5.79. The molecule has 3 unspecified atom stereocenters. The molecule has 0 aromatic rings. The molecule has 17 heavy (non-hydrogen) atoms. The lowest BCUT2D eigenvalue weighted by atomic mass is 10.1. The second-order valence-electron chi connectivity index (χ2n) is 4.38. The lowest BCUT2D eigenvalue weighted by Crippen LogP contribution is -2.54. The van der Waals surface area contributed by atoms with E-state index < -0.39 is 6.04 Å². The van der Waals surface area contributed by atoms with Gasteiger partial charge in [0, 0.05) is 26.8 Å². The average Bonchev–Trinajstić information content (AvgIpc) is 2.34. The van der Waals surface area contributed by atoms with Gasteiger partial charge >= 0.3 is 0 Å². The van der Waals surface area contributed by atoms with Crippen molar-refractivity contribution in [1.82, 2.24) is 4.90 Å². The van der Waals surface area contributed by atoms with Crippen LogP contribution in [0.5, 0.6) is 0 Å². The van der Waals surface area contributed by atoms with E-state index in [9.17, 15) is 4.79 Å². The number of aliphatic hydroxyl groups is 1. The molecule has 3 N–H and O–H groups in total. The third-order valence-electron chi connectivity index (χ3n) is 2.79. The van der Waals surface area contributed by atoms with Crippen LogP contribution in [0.25, 0.3) is 0 Å². The number of carbonyl (C=O) groups excluding carboxylic acids is 1. The number of rotatable bonds is 5. The van der Waals surface area contributed by atoms with E-state index >= 15 is 0 Å². The second-order valence-corrected chi connectivity index (χ2v) is 4.38. The lowest BCUT2D eigenvalue weighted by Gasteiger charge is -2.37. The van der Waals surface area contributed by atoms with Gasteiger partial charge in [-0.25, -0.2) is 0 Å². The molecule has 1 amide bonds. The van der Waals surface area contributed by atoms with E-state index in [1.165, 1.54) is 0 Å². The molecule has 6 nitrogen and oxygen atoms in total. The average molecular weight is 246 g/mol. The van der Waals surface area contributed by atoms with Crippen molar-refractivity contribution in [2.45, 2.75) is 31.6 Å². The molecule has 0 spiro atoms. The van der Waals surface area contributed by atoms with Crippen LogP contribution < -0.4 is 5.73 Å². The van der Waals surface area contributed by atoms with E-state index in [1.54, 1.807) is 12.0 Å². The Morgan fingerprint density at radius 3 is 2.94 bits per heavy atom. The smallest absolute Gasteiger partial charge is 0.239 e. The number of nitrogens with two attached hydrogens (primary N) is 1. The number of hydrogen-bond donors (Lipinski definition) is 2. The van der Waals surface area contributed by atoms with Gasteiger partial charge in [0.1, 0.15) is 0 Å². The van der Waals surface area contributed by atoms with Crippen LogP contribution in [0.3, 0.4) is 0 Å². The first-order valence-electron chi connectivity index (χ1n) is 5.88. The highest BCUT2D eigenvalue weighted by atomic mass is 16.5. The first kappa shape index (κ1) is 14.4. The predicted molar refractivity (Wildman–Crippen MR) is 62.5 cm³/mol. The Kier molecular flexibility index (Phi) is 5.84. The molecule has 1 rings (SSSR count). The van der Waals surface area contributed by atoms with Crippen LogP contribution in [0.2, 0.25) is 0 Å². The molecule has 1 saturated heterocycles. The van der Waals surface area contributed by atoms with Crippen molar-refractivity contribution < 1.29 is 19.4 Å². The Labute approximate surface area is 102 Å². The number of methoxy groups -OCH3 is 1. The Hall–Kier alpha value is -0.690. The highest BCUT2D eigenvalue weighted by Crippen LogP contribution is 2.12. The summed E-state index contributed by atoms with van der Waals surface area (Å²) in [4.78, 5) is 13.7. The Balaban J connectivity index is 2.49. The van der Waals surface area contributed by atoms with Crippen molar-refractivity contribution in [3.05, 3.63) is 0 Å². The summed E-state index contributed by atoms with van der Waals surface area (Å²) < 4.78 is 10.4. The quantitative estimate of drug-likeness (QED) is 0.647. The van der Waals surface area contributed by atoms with Gasteiger partial charge in [0.2, 0.25) is 5.91 Å². The Morgan fingerprint density at radius 1 is 1.65 bits per heavy atom. The molecule has 0 aliphatic carbocycles. The molecule has 1 fully saturated rings. The van der Waals surface area contributed by atoms with Crippen LogP contribution in [0, 0.1) is 0 Å². The Morgan fingerprint density at radius 2 is 2.35 bits per heavy atom. The van der Waals surface area contributed by atoms with Gasteiger partial charge in [-0.2, -0.15) is 0 Å². The minimum atomic E-state index is -0.542. The van der Waals surface area contributed by atoms with Crippen LogP contribution in [0.4, 0.5) is 0 Å². The Bertz CT molecular complexity index is 250. The fourth-order valence-corrected chi connectivity index (χ4v) is 1.93. The summed E-state index contributed by atoms with van der Waals surface area (Å²) in [6.07, 6.45) is 0.127. The third-order valence-corrected chi connectivity index (χ3v) is 2.79. The summed E-state index contributed by atoms with van der Waals surface area (Å²) in [6.45, 7) is 3.19. The number of aliphatic hydroxyl groups excluding tert-OH is 1. The molecule has 0 aromatic carbocycles. The van der Waals surface area contributed by atoms with Crippen molar-refractivity contribution in [2.75, 3.05) is 33.4 Å². The van der Waals surface area contributed by atoms with Gasteiger partial charge in [0.15, 0.2) is 0 Å². The zero-order valence-corrected chi connectivity index (χ0v) is 10.5. The molecule has 0 aromatic heterocycles. The van der Waals surface area contributed by atoms with Crippen LogP contribution >= 0.6 is 0 Å². The summed E-state index contributed by atoms with van der Waals surface area (Å²) in [5.74, 6) is -0.101. The largest absolute Gasteiger partial charge is 0.394 e. The van der Waals surface area contributed by atoms with Gasteiger partial charge in [0.05, 0.1) is 24.9 Å². The molecule has 0 bridgehead atoms. The number of amides is 1. The number of hydrogen-bond acceptors (Lipinski definition) is 5. The molecule has 100 valence electrons. The van der Waals surface area contributed by atoms with Crippen molar-refractivity contribution in [3.63, 3.8) is 0 Å². The molecule has 1 aliphatic heterocycles. The van der Waals surface area contributed by atoms with E-state index in [-0.39, 0.29) is 24.7 Å². The van der Waals surface area contributed by atoms with Gasteiger partial charge < -0.3 is 25.2 Å². The van der Waals surface area contributed by atoms with Crippen molar-refractivity contribution >= 4 is 5.91 Å². The molecule has 1 aliphatic rings. The van der Waals surface area contributed by atoms with Gasteiger partial charge in [-0.05, 0) is 13.3 Å². The molecule has 0 radical (unpaired) electrons. The normalized spacial score (nSPS) is 26.9. The molecular formula is C11H22N2O4. The fourth-order valence-electron chi connectivity index (χ4n) is 1.93. The second kappa shape index (κ2) is 6.90. The first-order chi connectivity index (χ1) is 8.08. The number of carbonyl (C=O) groups is 1. The molecule has 0 saturated carbocycles. The summed E-state index contributed by atoms with van der Waals surface area (Å²) >= 11 is 0. The molecule has 1 heterocycles. The number of morpholine rings is 1. The minimum absolute atomic E-state index is 0.0699. The lowest BCUT2D eigenvalue weighted by molar-refractivity contribution is -0.148. The maximum Gasteiger partial charge on any atom is 0.239 e. The summed E-state index contributed by atoms with van der Waals surface area (Å²) in [7, 11) is 1.58. The highest BCUT2D eigenvalue weighted by Gasteiger charge is 2.30. The molecule has 6 heteroatoms. The topological polar surface area (TPSA) is 85.0 Å². The van der Waals surface area contributed by atoms with E-state index in [0.717, 1.165) is 0 Å².